The van der Waals surface area contributed by atoms with E-state index in [1.165, 1.54) is 0 Å². The Morgan fingerprint density at radius 3 is 2.56 bits per heavy atom. The van der Waals surface area contributed by atoms with Gasteiger partial charge in [-0.2, -0.15) is 0 Å². The van der Waals surface area contributed by atoms with E-state index in [0.29, 0.717) is 16.9 Å². The van der Waals surface area contributed by atoms with Crippen LogP contribution in [0.1, 0.15) is 32.8 Å². The van der Waals surface area contributed by atoms with Gasteiger partial charge in [-0.25, -0.2) is 0 Å². The first-order valence-electron chi connectivity index (χ1n) is 6.24. The Bertz CT molecular complexity index is 418. The summed E-state index contributed by atoms with van der Waals surface area (Å²) in [6.07, 6.45) is 1.05. The first-order valence-corrected chi connectivity index (χ1v) is 6.64. The Balaban J connectivity index is 3.07. The van der Waals surface area contributed by atoms with Crippen molar-refractivity contribution < 1.29 is 4.74 Å². The molecular weight excluding hydrogens is 244 g/mol. The Hall–Kier alpha value is -1.29. The molecule has 18 heavy (non-hydrogen) atoms. The molecule has 4 heteroatoms. The van der Waals surface area contributed by atoms with Crippen LogP contribution in [-0.4, -0.2) is 18.1 Å². The Labute approximate surface area is 115 Å². The lowest BCUT2D eigenvalue weighted by molar-refractivity contribution is 0.414. The van der Waals surface area contributed by atoms with E-state index in [1.807, 2.05) is 18.2 Å². The van der Waals surface area contributed by atoms with Gasteiger partial charge in [-0.15, -0.1) is 0 Å². The second-order valence-corrected chi connectivity index (χ2v) is 5.12. The van der Waals surface area contributed by atoms with Crippen molar-refractivity contribution in [1.29, 1.82) is 0 Å². The maximum absolute atomic E-state index is 5.75. The van der Waals surface area contributed by atoms with Crippen molar-refractivity contribution in [2.24, 2.45) is 11.7 Å². The molecule has 0 spiro atoms. The minimum Gasteiger partial charge on any atom is -0.497 e. The average molecular weight is 266 g/mol. The summed E-state index contributed by atoms with van der Waals surface area (Å²) < 4.78 is 5.24. The number of benzene rings is 1. The van der Waals surface area contributed by atoms with Crippen molar-refractivity contribution in [3.63, 3.8) is 0 Å². The average Bonchev–Trinajstić information content (AvgIpc) is 2.34. The van der Waals surface area contributed by atoms with E-state index in [1.54, 1.807) is 7.11 Å². The SMILES string of the molecule is CCC(Nc1cc(OC)ccc1C(N)=S)C(C)C. The zero-order valence-electron chi connectivity index (χ0n) is 11.5. The van der Waals surface area contributed by atoms with E-state index < -0.39 is 0 Å². The molecule has 1 aromatic rings. The van der Waals surface area contributed by atoms with Crippen LogP contribution in [0.2, 0.25) is 0 Å². The minimum atomic E-state index is 0.394. The predicted molar refractivity (Wildman–Crippen MR) is 81.4 cm³/mol. The number of nitrogens with one attached hydrogen (secondary N) is 1. The molecule has 0 aliphatic rings. The van der Waals surface area contributed by atoms with E-state index in [9.17, 15) is 0 Å². The van der Waals surface area contributed by atoms with Crippen LogP contribution in [0.5, 0.6) is 5.75 Å². The molecule has 1 aromatic carbocycles. The molecule has 0 saturated carbocycles. The van der Waals surface area contributed by atoms with Gasteiger partial charge in [0, 0.05) is 23.4 Å². The van der Waals surface area contributed by atoms with Crippen LogP contribution in [0.4, 0.5) is 5.69 Å². The standard InChI is InChI=1S/C14H22N2OS/c1-5-12(9(2)3)16-13-8-10(17-4)6-7-11(13)14(15)18/h6-9,12,16H,5H2,1-4H3,(H2,15,18). The summed E-state index contributed by atoms with van der Waals surface area (Å²) in [4.78, 5) is 0.402. The molecule has 100 valence electrons. The van der Waals surface area contributed by atoms with Crippen LogP contribution in [0.25, 0.3) is 0 Å². The van der Waals surface area contributed by atoms with Crippen molar-refractivity contribution >= 4 is 22.9 Å². The summed E-state index contributed by atoms with van der Waals surface area (Å²) >= 11 is 5.08. The smallest absolute Gasteiger partial charge is 0.120 e. The predicted octanol–water partition coefficient (Wildman–Crippen LogP) is 3.18. The lowest BCUT2D eigenvalue weighted by Gasteiger charge is -2.24. The second-order valence-electron chi connectivity index (χ2n) is 4.68. The monoisotopic (exact) mass is 266 g/mol. The molecule has 0 saturated heterocycles. The third-order valence-corrected chi connectivity index (χ3v) is 3.30. The Kier molecular flexibility index (Phi) is 5.41. The third-order valence-electron chi connectivity index (χ3n) is 3.08. The molecule has 1 atom stereocenters. The van der Waals surface area contributed by atoms with Crippen LogP contribution >= 0.6 is 12.2 Å². The number of nitrogens with two attached hydrogens (primary N) is 1. The Morgan fingerprint density at radius 1 is 1.44 bits per heavy atom. The summed E-state index contributed by atoms with van der Waals surface area (Å²) in [5, 5.41) is 3.51. The van der Waals surface area contributed by atoms with Gasteiger partial charge in [0.05, 0.1) is 7.11 Å². The van der Waals surface area contributed by atoms with Crippen molar-refractivity contribution in [2.45, 2.75) is 33.2 Å². The highest BCUT2D eigenvalue weighted by atomic mass is 32.1. The molecule has 1 rings (SSSR count). The molecular formula is C14H22N2OS. The molecule has 0 radical (unpaired) electrons. The fourth-order valence-electron chi connectivity index (χ4n) is 1.92. The van der Waals surface area contributed by atoms with E-state index in [2.05, 4.69) is 26.1 Å². The molecule has 0 amide bonds. The van der Waals surface area contributed by atoms with Gasteiger partial charge >= 0.3 is 0 Å². The number of anilines is 1. The number of hydrogen-bond acceptors (Lipinski definition) is 3. The topological polar surface area (TPSA) is 47.3 Å². The second kappa shape index (κ2) is 6.59. The van der Waals surface area contributed by atoms with Crippen LogP contribution < -0.4 is 15.8 Å². The van der Waals surface area contributed by atoms with E-state index in [-0.39, 0.29) is 0 Å². The fraction of sp³-hybridized carbons (Fsp3) is 0.500. The zero-order valence-corrected chi connectivity index (χ0v) is 12.3. The molecule has 0 fully saturated rings. The molecule has 0 aliphatic heterocycles. The van der Waals surface area contributed by atoms with E-state index in [4.69, 9.17) is 22.7 Å². The normalized spacial score (nSPS) is 12.3. The number of hydrogen-bond donors (Lipinski definition) is 2. The lowest BCUT2D eigenvalue weighted by Crippen LogP contribution is -2.26. The summed E-state index contributed by atoms with van der Waals surface area (Å²) in [6, 6.07) is 6.11. The summed E-state index contributed by atoms with van der Waals surface area (Å²) in [5.41, 5.74) is 7.56. The summed E-state index contributed by atoms with van der Waals surface area (Å²) in [6.45, 7) is 6.56. The number of rotatable bonds is 6. The maximum Gasteiger partial charge on any atom is 0.120 e. The number of ether oxygens (including phenoxy) is 1. The first kappa shape index (κ1) is 14.8. The quantitative estimate of drug-likeness (QED) is 0.776. The zero-order chi connectivity index (χ0) is 13.7. The van der Waals surface area contributed by atoms with Gasteiger partial charge in [-0.3, -0.25) is 0 Å². The van der Waals surface area contributed by atoms with Crippen molar-refractivity contribution in [3.05, 3.63) is 23.8 Å². The fourth-order valence-corrected chi connectivity index (χ4v) is 2.10. The third kappa shape index (κ3) is 3.60. The molecule has 3 N–H and O–H groups in total. The molecule has 0 aromatic heterocycles. The lowest BCUT2D eigenvalue weighted by atomic mass is 10.0. The highest BCUT2D eigenvalue weighted by Gasteiger charge is 2.14. The van der Waals surface area contributed by atoms with Crippen molar-refractivity contribution in [3.8, 4) is 5.75 Å². The molecule has 1 unspecified atom stereocenters. The summed E-state index contributed by atoms with van der Waals surface area (Å²) in [7, 11) is 1.65. The van der Waals surface area contributed by atoms with Gasteiger partial charge in [0.2, 0.25) is 0 Å². The van der Waals surface area contributed by atoms with E-state index >= 15 is 0 Å². The highest BCUT2D eigenvalue weighted by Crippen LogP contribution is 2.25. The van der Waals surface area contributed by atoms with Crippen molar-refractivity contribution in [2.75, 3.05) is 12.4 Å². The van der Waals surface area contributed by atoms with Gasteiger partial charge < -0.3 is 15.8 Å². The van der Waals surface area contributed by atoms with Crippen LogP contribution in [0.15, 0.2) is 18.2 Å². The molecule has 0 bridgehead atoms. The van der Waals surface area contributed by atoms with Crippen molar-refractivity contribution in [1.82, 2.24) is 0 Å². The maximum atomic E-state index is 5.75. The largest absolute Gasteiger partial charge is 0.497 e. The Morgan fingerprint density at radius 2 is 2.11 bits per heavy atom. The van der Waals surface area contributed by atoms with Gasteiger partial charge in [-0.05, 0) is 24.5 Å². The minimum absolute atomic E-state index is 0.394. The molecule has 0 heterocycles. The highest BCUT2D eigenvalue weighted by molar-refractivity contribution is 7.80. The van der Waals surface area contributed by atoms with Crippen LogP contribution in [0.3, 0.4) is 0 Å². The van der Waals surface area contributed by atoms with Gasteiger partial charge in [0.1, 0.15) is 10.7 Å². The first-order chi connectivity index (χ1) is 8.49. The molecule has 3 nitrogen and oxygen atoms in total. The van der Waals surface area contributed by atoms with Gasteiger partial charge in [-0.1, -0.05) is 33.0 Å². The van der Waals surface area contributed by atoms with Gasteiger partial charge in [0.25, 0.3) is 0 Å². The summed E-state index contributed by atoms with van der Waals surface area (Å²) in [5.74, 6) is 1.34. The number of methoxy groups -OCH3 is 1. The van der Waals surface area contributed by atoms with E-state index in [0.717, 1.165) is 23.4 Å². The van der Waals surface area contributed by atoms with Crippen LogP contribution in [0, 0.1) is 5.92 Å². The number of thiocarbonyl (C=S) groups is 1. The van der Waals surface area contributed by atoms with Crippen LogP contribution in [-0.2, 0) is 0 Å². The molecule has 0 aliphatic carbocycles. The van der Waals surface area contributed by atoms with Gasteiger partial charge in [0.15, 0.2) is 0 Å².